The molecular weight excluding hydrogens is 346 g/mol. The van der Waals surface area contributed by atoms with Gasteiger partial charge in [-0.25, -0.2) is 0 Å². The minimum atomic E-state index is -0.177. The predicted octanol–water partition coefficient (Wildman–Crippen LogP) is 1.93. The van der Waals surface area contributed by atoms with Crippen LogP contribution in [0.4, 0.5) is 0 Å². The molecule has 0 bridgehead atoms. The van der Waals surface area contributed by atoms with Gasteiger partial charge in [-0.2, -0.15) is 10.5 Å². The lowest BCUT2D eigenvalue weighted by molar-refractivity contribution is 0.141. The van der Waals surface area contributed by atoms with Gasteiger partial charge >= 0.3 is 0 Å². The molecule has 0 amide bonds. The maximum Gasteiger partial charge on any atom is 0.269 e. The summed E-state index contributed by atoms with van der Waals surface area (Å²) in [5.74, 6) is 0. The molecule has 134 valence electrons. The molecule has 0 atom stereocenters. The van der Waals surface area contributed by atoms with Gasteiger partial charge < -0.3 is 4.74 Å². The van der Waals surface area contributed by atoms with Crippen molar-refractivity contribution in [2.75, 3.05) is 13.2 Å². The summed E-state index contributed by atoms with van der Waals surface area (Å²) in [6, 6.07) is 11.8. The van der Waals surface area contributed by atoms with Crippen LogP contribution in [-0.2, 0) is 17.7 Å². The van der Waals surface area contributed by atoms with Gasteiger partial charge in [0, 0.05) is 19.8 Å². The van der Waals surface area contributed by atoms with Crippen LogP contribution in [0.2, 0.25) is 0 Å². The van der Waals surface area contributed by atoms with Crippen LogP contribution >= 0.6 is 11.3 Å². The zero-order valence-electron chi connectivity index (χ0n) is 15.0. The third-order valence-electron chi connectivity index (χ3n) is 3.91. The third kappa shape index (κ3) is 4.70. The molecule has 0 radical (unpaired) electrons. The largest absolute Gasteiger partial charge is 0.382 e. The third-order valence-corrected chi connectivity index (χ3v) is 5.04. The second-order valence-electron chi connectivity index (χ2n) is 5.62. The monoisotopic (exact) mass is 367 g/mol. The molecule has 0 fully saturated rings. The lowest BCUT2D eigenvalue weighted by Crippen LogP contribution is -2.32. The maximum absolute atomic E-state index is 12.8. The van der Waals surface area contributed by atoms with Crippen molar-refractivity contribution in [2.45, 2.75) is 33.2 Å². The normalized spacial score (nSPS) is 11.2. The number of nitriles is 2. The van der Waals surface area contributed by atoms with Crippen molar-refractivity contribution in [2.24, 2.45) is 0 Å². The Balaban J connectivity index is 2.53. The summed E-state index contributed by atoms with van der Waals surface area (Å²) in [4.78, 5) is 12.8. The van der Waals surface area contributed by atoms with Crippen molar-refractivity contribution in [3.05, 3.63) is 54.9 Å². The van der Waals surface area contributed by atoms with E-state index in [9.17, 15) is 15.3 Å². The van der Waals surface area contributed by atoms with Gasteiger partial charge in [0.05, 0.1) is 4.53 Å². The molecule has 0 aliphatic heterocycles. The van der Waals surface area contributed by atoms with Crippen LogP contribution in [0.25, 0.3) is 11.6 Å². The highest BCUT2D eigenvalue weighted by atomic mass is 32.1. The molecule has 0 N–H and O–H groups in total. The van der Waals surface area contributed by atoms with Crippen molar-refractivity contribution >= 4 is 23.0 Å². The van der Waals surface area contributed by atoms with E-state index in [1.807, 2.05) is 43.3 Å². The summed E-state index contributed by atoms with van der Waals surface area (Å²) in [6.07, 6.45) is 3.41. The van der Waals surface area contributed by atoms with E-state index < -0.39 is 0 Å². The molecular formula is C20H21N3O2S. The van der Waals surface area contributed by atoms with E-state index in [0.717, 1.165) is 12.0 Å². The summed E-state index contributed by atoms with van der Waals surface area (Å²) in [5.41, 5.74) is 1.93. The lowest BCUT2D eigenvalue weighted by atomic mass is 10.1. The SMILES string of the molecule is CCOCCCn1c(=C(C#N)C#N)s/c(=C/c2ccc(CC)cc2)c1=O. The summed E-state index contributed by atoms with van der Waals surface area (Å²) in [7, 11) is 0. The Kier molecular flexibility index (Phi) is 7.35. The van der Waals surface area contributed by atoms with Gasteiger partial charge in [-0.15, -0.1) is 11.3 Å². The Bertz CT molecular complexity index is 986. The fraction of sp³-hybridized carbons (Fsp3) is 0.350. The molecule has 26 heavy (non-hydrogen) atoms. The zero-order valence-corrected chi connectivity index (χ0v) is 15.8. The Hall–Kier alpha value is -2.67. The molecule has 2 rings (SSSR count). The van der Waals surface area contributed by atoms with Gasteiger partial charge in [-0.05, 0) is 37.0 Å². The van der Waals surface area contributed by atoms with Crippen molar-refractivity contribution in [3.63, 3.8) is 0 Å². The number of hydrogen-bond acceptors (Lipinski definition) is 5. The molecule has 1 aromatic heterocycles. The first kappa shape index (κ1) is 19.7. The minimum absolute atomic E-state index is 0.0375. The Morgan fingerprint density at radius 3 is 2.50 bits per heavy atom. The predicted molar refractivity (Wildman–Crippen MR) is 103 cm³/mol. The minimum Gasteiger partial charge on any atom is -0.382 e. The fourth-order valence-electron chi connectivity index (χ4n) is 2.50. The average molecular weight is 367 g/mol. The van der Waals surface area contributed by atoms with Crippen LogP contribution in [0.3, 0.4) is 0 Å². The molecule has 0 spiro atoms. The maximum atomic E-state index is 12.8. The first-order valence-corrected chi connectivity index (χ1v) is 9.38. The second-order valence-corrected chi connectivity index (χ2v) is 6.65. The zero-order chi connectivity index (χ0) is 18.9. The number of aromatic nitrogens is 1. The summed E-state index contributed by atoms with van der Waals surface area (Å²) in [5, 5.41) is 18.4. The Morgan fingerprint density at radius 1 is 1.23 bits per heavy atom. The molecule has 0 unspecified atom stereocenters. The molecule has 5 nitrogen and oxygen atoms in total. The molecule has 0 aliphatic rings. The molecule has 0 aliphatic carbocycles. The number of ether oxygens (including phenoxy) is 1. The standard InChI is InChI=1S/C20H21N3O2S/c1-3-15-6-8-16(9-7-15)12-18-19(24)23(10-5-11-25-4-2)20(26-18)17(13-21)14-22/h6-9,12H,3-5,10-11H2,1-2H3/b18-12+. The van der Waals surface area contributed by atoms with Crippen molar-refractivity contribution < 1.29 is 4.74 Å². The van der Waals surface area contributed by atoms with Gasteiger partial charge in [-0.1, -0.05) is 31.2 Å². The van der Waals surface area contributed by atoms with E-state index in [-0.39, 0.29) is 11.1 Å². The van der Waals surface area contributed by atoms with Crippen LogP contribution in [0, 0.1) is 22.7 Å². The quantitative estimate of drug-likeness (QED) is 0.701. The molecule has 1 aromatic carbocycles. The molecule has 6 heteroatoms. The average Bonchev–Trinajstić information content (AvgIpc) is 2.96. The van der Waals surface area contributed by atoms with Crippen molar-refractivity contribution in [1.29, 1.82) is 10.5 Å². The molecule has 0 saturated carbocycles. The number of benzene rings is 1. The Labute approximate surface area is 156 Å². The van der Waals surface area contributed by atoms with E-state index in [2.05, 4.69) is 6.92 Å². The summed E-state index contributed by atoms with van der Waals surface area (Å²) < 4.78 is 7.75. The van der Waals surface area contributed by atoms with Crippen LogP contribution in [0.5, 0.6) is 0 Å². The van der Waals surface area contributed by atoms with E-state index >= 15 is 0 Å². The van der Waals surface area contributed by atoms with Crippen molar-refractivity contribution in [1.82, 2.24) is 4.57 Å². The van der Waals surface area contributed by atoms with Gasteiger partial charge in [0.15, 0.2) is 5.57 Å². The number of nitrogens with zero attached hydrogens (tertiary/aromatic N) is 3. The highest BCUT2D eigenvalue weighted by molar-refractivity contribution is 7.07. The first-order valence-electron chi connectivity index (χ1n) is 8.57. The number of rotatable bonds is 7. The smallest absolute Gasteiger partial charge is 0.269 e. The molecule has 1 heterocycles. The topological polar surface area (TPSA) is 78.8 Å². The number of thiazole rings is 1. The van der Waals surface area contributed by atoms with Crippen LogP contribution in [0.15, 0.2) is 29.1 Å². The van der Waals surface area contributed by atoms with E-state index in [4.69, 9.17) is 4.74 Å². The van der Waals surface area contributed by atoms with Crippen LogP contribution in [-0.4, -0.2) is 17.8 Å². The molecule has 0 saturated heterocycles. The highest BCUT2D eigenvalue weighted by Gasteiger charge is 2.09. The second kappa shape index (κ2) is 9.72. The van der Waals surface area contributed by atoms with Gasteiger partial charge in [-0.3, -0.25) is 9.36 Å². The van der Waals surface area contributed by atoms with Gasteiger partial charge in [0.2, 0.25) is 0 Å². The van der Waals surface area contributed by atoms with Crippen LogP contribution in [0.1, 0.15) is 31.4 Å². The fourth-order valence-corrected chi connectivity index (χ4v) is 3.58. The van der Waals surface area contributed by atoms with Gasteiger partial charge in [0.1, 0.15) is 16.8 Å². The van der Waals surface area contributed by atoms with Gasteiger partial charge in [0.25, 0.3) is 5.56 Å². The van der Waals surface area contributed by atoms with E-state index in [1.165, 1.54) is 21.5 Å². The van der Waals surface area contributed by atoms with E-state index in [0.29, 0.717) is 35.4 Å². The highest BCUT2D eigenvalue weighted by Crippen LogP contribution is 2.05. The number of hydrogen-bond donors (Lipinski definition) is 0. The summed E-state index contributed by atoms with van der Waals surface area (Å²) >= 11 is 1.18. The lowest BCUT2D eigenvalue weighted by Gasteiger charge is -2.02. The van der Waals surface area contributed by atoms with E-state index in [1.54, 1.807) is 6.08 Å². The number of aryl methyl sites for hydroxylation is 1. The first-order chi connectivity index (χ1) is 12.6. The Morgan fingerprint density at radius 2 is 1.92 bits per heavy atom. The van der Waals surface area contributed by atoms with Crippen molar-refractivity contribution in [3.8, 4) is 12.1 Å². The summed E-state index contributed by atoms with van der Waals surface area (Å²) in [6.45, 7) is 5.57. The molecule has 2 aromatic rings. The van der Waals surface area contributed by atoms with Crippen LogP contribution < -0.4 is 14.8 Å².